The number of carbonyl (C=O) groups is 4. The Bertz CT molecular complexity index is 2270. The average Bonchev–Trinajstić information content (AvgIpc) is 3.49. The quantitative estimate of drug-likeness (QED) is 0.210. The zero-order chi connectivity index (χ0) is 46.7. The highest BCUT2D eigenvalue weighted by molar-refractivity contribution is 6.32. The Morgan fingerprint density at radius 3 is 2.30 bits per heavy atom. The summed E-state index contributed by atoms with van der Waals surface area (Å²) in [7, 11) is 5.39. The number of rotatable bonds is 7. The van der Waals surface area contributed by atoms with Gasteiger partial charge in [0.1, 0.15) is 29.0 Å². The highest BCUT2D eigenvalue weighted by atomic mass is 16.7. The number of aliphatic hydroxyl groups is 2. The second-order valence-electron chi connectivity index (χ2n) is 17.2. The summed E-state index contributed by atoms with van der Waals surface area (Å²) in [6.07, 6.45) is 6.38. The number of ketones is 2. The lowest BCUT2D eigenvalue weighted by molar-refractivity contribution is -0.160. The molecule has 3 heterocycles. The molecule has 15 nitrogen and oxygen atoms in total. The zero-order valence-corrected chi connectivity index (χ0v) is 37.9. The van der Waals surface area contributed by atoms with Gasteiger partial charge in [-0.05, 0) is 77.2 Å². The molecule has 340 valence electrons. The van der Waals surface area contributed by atoms with Gasteiger partial charge in [0.15, 0.2) is 0 Å². The summed E-state index contributed by atoms with van der Waals surface area (Å²) in [6.45, 7) is 13.4. The fourth-order valence-corrected chi connectivity index (χ4v) is 8.27. The first-order valence-electron chi connectivity index (χ1n) is 21.1. The fourth-order valence-electron chi connectivity index (χ4n) is 8.27. The number of methoxy groups -OCH3 is 1. The van der Waals surface area contributed by atoms with Crippen LogP contribution in [0, 0.1) is 30.6 Å². The van der Waals surface area contributed by atoms with Crippen molar-refractivity contribution in [2.45, 2.75) is 98.4 Å². The molecule has 5 N–H and O–H groups in total. The molecular formula is C48H61N3O12. The maximum Gasteiger partial charge on any atom is 0.312 e. The van der Waals surface area contributed by atoms with E-state index in [9.17, 15) is 39.6 Å². The summed E-state index contributed by atoms with van der Waals surface area (Å²) < 4.78 is 23.8. The largest absolute Gasteiger partial charge is 0.507 e. The van der Waals surface area contributed by atoms with Gasteiger partial charge in [0.05, 0.1) is 47.1 Å². The molecule has 63 heavy (non-hydrogen) atoms. The fraction of sp³-hybridized carbons (Fsp3) is 0.479. The number of hydrogen-bond donors (Lipinski definition) is 5. The van der Waals surface area contributed by atoms with Crippen LogP contribution < -0.4 is 10.1 Å². The molecule has 2 aromatic rings. The second-order valence-corrected chi connectivity index (χ2v) is 17.2. The van der Waals surface area contributed by atoms with Crippen molar-refractivity contribution < 1.29 is 58.6 Å². The molecule has 0 aromatic heterocycles. The topological polar surface area (TPSA) is 214 Å². The van der Waals surface area contributed by atoms with E-state index in [2.05, 4.69) is 10.2 Å². The Balaban J connectivity index is 1.68. The van der Waals surface area contributed by atoms with Crippen LogP contribution in [0.4, 0.5) is 5.69 Å². The van der Waals surface area contributed by atoms with Crippen molar-refractivity contribution in [2.24, 2.45) is 28.7 Å². The van der Waals surface area contributed by atoms with Crippen LogP contribution in [0.15, 0.2) is 71.1 Å². The van der Waals surface area contributed by atoms with Gasteiger partial charge in [0.25, 0.3) is 11.7 Å². The lowest BCUT2D eigenvalue weighted by Gasteiger charge is -2.38. The first-order chi connectivity index (χ1) is 29.6. The first-order valence-corrected chi connectivity index (χ1v) is 21.1. The standard InChI is InChI=1S/C48H61N3O12/c1-24-14-12-15-25(2)47(59)50-34-23-33(49-32-18-17-31(22-35(32)53)16-13-20-51(9)10)37-38(43(34)57)42(56)29(6)45-39(37)46(58)48(8,63-45)61-21-19-36(60-11)26(3)44(62-30(7)52)28(5)41(55)27(4)40(24)54/h12,14-15,17-19,21-24,26-28,36,40-41,44,53-56H,13,16,20H2,1-11H3,(H,50,59)/b14-12+,21-19+,25-15-,49-33+/t24-,26+,27+,28+,36-,40-,41+,44+,48-/m0/s1. The number of allylic oxidation sites excluding steroid dienone is 4. The highest BCUT2D eigenvalue weighted by Gasteiger charge is 2.51. The van der Waals surface area contributed by atoms with Crippen LogP contribution in [-0.2, 0) is 30.2 Å². The summed E-state index contributed by atoms with van der Waals surface area (Å²) in [5.41, 5.74) is 0.392. The SMILES string of the molecule is CO[C@H]1/C=C/O[C@@]2(C)Oc3c(C)c(O)c4c(c3C2=O)/C(=N/c2ccc(CCCN(C)C)cc2O)C=C(NC(=O)/C(C)=C\C=C\[C@H](C)[C@H](O)[C@@H](C)[C@@H](O)[C@@H](C)[C@H](OC(C)=O)[C@@H]1C)C4=O. The summed E-state index contributed by atoms with van der Waals surface area (Å²) in [5, 5.41) is 48.5. The third kappa shape index (κ3) is 10.3. The number of fused-ring (bicyclic) bond motifs is 14. The third-order valence-electron chi connectivity index (χ3n) is 12.2. The number of Topliss-reactive ketones (excluding diaryl/α,β-unsaturated/α-hetero) is 2. The molecule has 6 rings (SSSR count). The molecule has 0 saturated heterocycles. The average molecular weight is 872 g/mol. The summed E-state index contributed by atoms with van der Waals surface area (Å²) in [6, 6.07) is 5.02. The molecule has 4 aliphatic rings. The molecule has 15 heteroatoms. The van der Waals surface area contributed by atoms with Crippen LogP contribution in [0.1, 0.15) is 92.3 Å². The number of carbonyl (C=O) groups excluding carboxylic acids is 4. The van der Waals surface area contributed by atoms with E-state index in [0.29, 0.717) is 6.42 Å². The number of esters is 1. The number of nitrogens with one attached hydrogen (secondary N) is 1. The normalized spacial score (nSPS) is 30.5. The van der Waals surface area contributed by atoms with Crippen molar-refractivity contribution in [3.8, 4) is 17.2 Å². The molecule has 0 saturated carbocycles. The summed E-state index contributed by atoms with van der Waals surface area (Å²) >= 11 is 0. The minimum atomic E-state index is -2.04. The maximum atomic E-state index is 14.6. The molecule has 0 unspecified atom stereocenters. The van der Waals surface area contributed by atoms with E-state index in [1.165, 1.54) is 59.3 Å². The molecule has 0 spiro atoms. The number of nitrogens with zero attached hydrogens (tertiary/aromatic N) is 2. The van der Waals surface area contributed by atoms with E-state index in [1.54, 1.807) is 52.0 Å². The number of aliphatic hydroxyl groups excluding tert-OH is 2. The smallest absolute Gasteiger partial charge is 0.312 e. The summed E-state index contributed by atoms with van der Waals surface area (Å²) in [5.74, 6) is -8.07. The predicted octanol–water partition coefficient (Wildman–Crippen LogP) is 5.77. The third-order valence-corrected chi connectivity index (χ3v) is 12.2. The van der Waals surface area contributed by atoms with Gasteiger partial charge >= 0.3 is 11.8 Å². The van der Waals surface area contributed by atoms with Crippen molar-refractivity contribution in [1.82, 2.24) is 10.2 Å². The van der Waals surface area contributed by atoms with Crippen LogP contribution in [0.25, 0.3) is 0 Å². The van der Waals surface area contributed by atoms with Crippen LogP contribution in [0.2, 0.25) is 0 Å². The zero-order valence-electron chi connectivity index (χ0n) is 37.9. The number of amides is 1. The molecular weight excluding hydrogens is 811 g/mol. The Kier molecular flexibility index (Phi) is 15.2. The minimum absolute atomic E-state index is 0.0344. The van der Waals surface area contributed by atoms with Crippen LogP contribution in [-0.4, -0.2) is 112 Å². The van der Waals surface area contributed by atoms with Crippen molar-refractivity contribution in [2.75, 3.05) is 27.7 Å². The van der Waals surface area contributed by atoms with E-state index in [4.69, 9.17) is 23.9 Å². The van der Waals surface area contributed by atoms with Gasteiger partial charge < -0.3 is 49.6 Å². The van der Waals surface area contributed by atoms with Gasteiger partial charge in [-0.3, -0.25) is 19.2 Å². The van der Waals surface area contributed by atoms with Gasteiger partial charge in [-0.1, -0.05) is 52.0 Å². The molecule has 0 radical (unpaired) electrons. The van der Waals surface area contributed by atoms with Gasteiger partial charge in [-0.25, -0.2) is 4.99 Å². The van der Waals surface area contributed by atoms with Crippen LogP contribution in [0.5, 0.6) is 17.2 Å². The molecule has 3 aliphatic heterocycles. The number of phenols is 2. The molecule has 9 atom stereocenters. The number of benzene rings is 2. The van der Waals surface area contributed by atoms with Crippen LogP contribution in [0.3, 0.4) is 0 Å². The van der Waals surface area contributed by atoms with Gasteiger partial charge in [-0.2, -0.15) is 0 Å². The van der Waals surface area contributed by atoms with E-state index in [0.717, 1.165) is 18.5 Å². The monoisotopic (exact) mass is 871 g/mol. The maximum absolute atomic E-state index is 14.6. The Morgan fingerprint density at radius 1 is 0.968 bits per heavy atom. The predicted molar refractivity (Wildman–Crippen MR) is 236 cm³/mol. The first kappa shape index (κ1) is 48.4. The number of phenolic OH excluding ortho intramolecular Hbond substituents is 2. The number of aliphatic imine (C=N–C) groups is 1. The molecule has 0 fully saturated rings. The van der Waals surface area contributed by atoms with Crippen molar-refractivity contribution >= 4 is 34.8 Å². The highest BCUT2D eigenvalue weighted by Crippen LogP contribution is 2.48. The van der Waals surface area contributed by atoms with Crippen molar-refractivity contribution in [3.05, 3.63) is 93.9 Å². The Morgan fingerprint density at radius 2 is 1.67 bits per heavy atom. The molecule has 5 bridgehead atoms. The van der Waals surface area contributed by atoms with Crippen LogP contribution >= 0.6 is 0 Å². The Labute approximate surface area is 368 Å². The van der Waals surface area contributed by atoms with Gasteiger partial charge in [-0.15, -0.1) is 0 Å². The molecule has 1 amide bonds. The lowest BCUT2D eigenvalue weighted by atomic mass is 9.78. The Hall–Kier alpha value is -5.61. The number of aromatic hydroxyl groups is 2. The number of aryl methyl sites for hydroxylation is 1. The van der Waals surface area contributed by atoms with Gasteiger partial charge in [0.2, 0.25) is 5.78 Å². The molecule has 2 aromatic carbocycles. The summed E-state index contributed by atoms with van der Waals surface area (Å²) in [4.78, 5) is 61.8. The molecule has 1 aliphatic carbocycles. The second kappa shape index (κ2) is 19.8. The van der Waals surface area contributed by atoms with Crippen molar-refractivity contribution in [3.63, 3.8) is 0 Å². The number of ether oxygens (including phenoxy) is 4. The van der Waals surface area contributed by atoms with Crippen molar-refractivity contribution in [1.29, 1.82) is 0 Å². The number of hydrogen-bond acceptors (Lipinski definition) is 14. The minimum Gasteiger partial charge on any atom is -0.507 e. The van der Waals surface area contributed by atoms with E-state index < -0.39 is 83.1 Å². The van der Waals surface area contributed by atoms with Gasteiger partial charge in [0, 0.05) is 61.3 Å². The van der Waals surface area contributed by atoms with E-state index in [-0.39, 0.29) is 56.4 Å². The van der Waals surface area contributed by atoms with E-state index in [1.807, 2.05) is 20.2 Å². The lowest BCUT2D eigenvalue weighted by Crippen LogP contribution is -2.46. The van der Waals surface area contributed by atoms with E-state index >= 15 is 0 Å².